The van der Waals surface area contributed by atoms with E-state index in [0.717, 1.165) is 12.8 Å². The third-order valence-electron chi connectivity index (χ3n) is 3.80. The van der Waals surface area contributed by atoms with Gasteiger partial charge in [0, 0.05) is 16.1 Å². The van der Waals surface area contributed by atoms with Gasteiger partial charge in [0.2, 0.25) is 5.91 Å². The third-order valence-corrected chi connectivity index (χ3v) is 4.38. The second-order valence-corrected chi connectivity index (χ2v) is 6.16. The van der Waals surface area contributed by atoms with Gasteiger partial charge in [-0.05, 0) is 30.5 Å². The molecule has 0 bridgehead atoms. The van der Waals surface area contributed by atoms with Crippen molar-refractivity contribution in [1.29, 1.82) is 0 Å². The minimum Gasteiger partial charge on any atom is -0.481 e. The molecule has 1 fully saturated rings. The summed E-state index contributed by atoms with van der Waals surface area (Å²) in [6.07, 6.45) is 3.28. The van der Waals surface area contributed by atoms with E-state index in [4.69, 9.17) is 23.2 Å². The topological polar surface area (TPSA) is 66.4 Å². The Labute approximate surface area is 133 Å². The summed E-state index contributed by atoms with van der Waals surface area (Å²) in [7, 11) is 0. The van der Waals surface area contributed by atoms with Crippen LogP contribution in [0.3, 0.4) is 0 Å². The Bertz CT molecular complexity index is 548. The molecule has 0 heterocycles. The molecule has 0 aromatic heterocycles. The smallest absolute Gasteiger partial charge is 0.308 e. The number of benzene rings is 1. The molecule has 21 heavy (non-hydrogen) atoms. The molecule has 2 unspecified atom stereocenters. The summed E-state index contributed by atoms with van der Waals surface area (Å²) >= 11 is 11.8. The van der Waals surface area contributed by atoms with Gasteiger partial charge in [0.15, 0.2) is 0 Å². The van der Waals surface area contributed by atoms with Crippen molar-refractivity contribution >= 4 is 35.1 Å². The van der Waals surface area contributed by atoms with E-state index in [2.05, 4.69) is 5.32 Å². The average Bonchev–Trinajstić information content (AvgIpc) is 2.42. The van der Waals surface area contributed by atoms with E-state index >= 15 is 0 Å². The predicted molar refractivity (Wildman–Crippen MR) is 81.7 cm³/mol. The van der Waals surface area contributed by atoms with Crippen molar-refractivity contribution in [2.45, 2.75) is 38.1 Å². The predicted octanol–water partition coefficient (Wildman–Crippen LogP) is 3.30. The first-order chi connectivity index (χ1) is 9.97. The van der Waals surface area contributed by atoms with E-state index in [9.17, 15) is 14.7 Å². The zero-order valence-electron chi connectivity index (χ0n) is 11.4. The van der Waals surface area contributed by atoms with Crippen LogP contribution in [0.4, 0.5) is 0 Å². The number of amides is 1. The van der Waals surface area contributed by atoms with Crippen molar-refractivity contribution in [2.24, 2.45) is 5.92 Å². The van der Waals surface area contributed by atoms with Crippen LogP contribution < -0.4 is 5.32 Å². The molecule has 1 aliphatic rings. The van der Waals surface area contributed by atoms with Crippen LogP contribution >= 0.6 is 23.2 Å². The van der Waals surface area contributed by atoms with Crippen LogP contribution in [0, 0.1) is 5.92 Å². The van der Waals surface area contributed by atoms with Crippen molar-refractivity contribution in [1.82, 2.24) is 5.32 Å². The van der Waals surface area contributed by atoms with Gasteiger partial charge in [0.25, 0.3) is 0 Å². The van der Waals surface area contributed by atoms with Crippen LogP contribution in [0.1, 0.15) is 31.2 Å². The molecule has 0 aliphatic heterocycles. The molecule has 2 N–H and O–H groups in total. The van der Waals surface area contributed by atoms with Crippen molar-refractivity contribution in [2.75, 3.05) is 0 Å². The van der Waals surface area contributed by atoms with Crippen molar-refractivity contribution < 1.29 is 14.7 Å². The lowest BCUT2D eigenvalue weighted by Gasteiger charge is -2.29. The Morgan fingerprint density at radius 3 is 2.62 bits per heavy atom. The summed E-state index contributed by atoms with van der Waals surface area (Å²) < 4.78 is 0. The summed E-state index contributed by atoms with van der Waals surface area (Å²) in [6.45, 7) is 0. The minimum absolute atomic E-state index is 0.124. The highest BCUT2D eigenvalue weighted by atomic mass is 35.5. The van der Waals surface area contributed by atoms with Crippen LogP contribution in [-0.4, -0.2) is 23.0 Å². The fraction of sp³-hybridized carbons (Fsp3) is 0.467. The maximum absolute atomic E-state index is 12.1. The number of nitrogens with one attached hydrogen (secondary N) is 1. The summed E-state index contributed by atoms with van der Waals surface area (Å²) in [4.78, 5) is 23.3. The van der Waals surface area contributed by atoms with Gasteiger partial charge in [0.05, 0.1) is 12.3 Å². The molecule has 1 aromatic rings. The summed E-state index contributed by atoms with van der Waals surface area (Å²) in [5, 5.41) is 13.0. The molecule has 6 heteroatoms. The van der Waals surface area contributed by atoms with E-state index < -0.39 is 11.9 Å². The van der Waals surface area contributed by atoms with Crippen molar-refractivity contribution in [3.05, 3.63) is 33.8 Å². The number of aliphatic carboxylic acids is 1. The molecule has 0 saturated heterocycles. The van der Waals surface area contributed by atoms with Gasteiger partial charge in [-0.15, -0.1) is 0 Å². The fourth-order valence-electron chi connectivity index (χ4n) is 2.70. The van der Waals surface area contributed by atoms with Crippen LogP contribution in [0.2, 0.25) is 10.0 Å². The highest BCUT2D eigenvalue weighted by molar-refractivity contribution is 6.35. The second kappa shape index (κ2) is 7.14. The van der Waals surface area contributed by atoms with Gasteiger partial charge in [-0.3, -0.25) is 9.59 Å². The Kier molecular flexibility index (Phi) is 5.48. The monoisotopic (exact) mass is 329 g/mol. The van der Waals surface area contributed by atoms with Crippen LogP contribution in [0.15, 0.2) is 18.2 Å². The number of rotatable bonds is 4. The summed E-state index contributed by atoms with van der Waals surface area (Å²) in [5.41, 5.74) is 0.682. The maximum Gasteiger partial charge on any atom is 0.308 e. The molecule has 1 aliphatic carbocycles. The molecular formula is C15H17Cl2NO3. The maximum atomic E-state index is 12.1. The first kappa shape index (κ1) is 16.1. The molecule has 1 saturated carbocycles. The van der Waals surface area contributed by atoms with Gasteiger partial charge < -0.3 is 10.4 Å². The Morgan fingerprint density at radius 2 is 1.95 bits per heavy atom. The van der Waals surface area contributed by atoms with Crippen LogP contribution in [0.25, 0.3) is 0 Å². The van der Waals surface area contributed by atoms with Crippen molar-refractivity contribution in [3.63, 3.8) is 0 Å². The molecule has 4 nitrogen and oxygen atoms in total. The highest BCUT2D eigenvalue weighted by Gasteiger charge is 2.31. The minimum atomic E-state index is -0.843. The molecule has 0 radical (unpaired) electrons. The molecule has 0 spiro atoms. The number of carboxylic acid groups (broad SMARTS) is 1. The average molecular weight is 330 g/mol. The summed E-state index contributed by atoms with van der Waals surface area (Å²) in [6, 6.07) is 4.68. The molecule has 2 rings (SSSR count). The van der Waals surface area contributed by atoms with Crippen LogP contribution in [-0.2, 0) is 16.0 Å². The number of halogens is 2. The first-order valence-corrected chi connectivity index (χ1v) is 7.69. The van der Waals surface area contributed by atoms with Crippen molar-refractivity contribution in [3.8, 4) is 0 Å². The van der Waals surface area contributed by atoms with E-state index in [1.54, 1.807) is 18.2 Å². The largest absolute Gasteiger partial charge is 0.481 e. The van der Waals surface area contributed by atoms with Crippen LogP contribution in [0.5, 0.6) is 0 Å². The summed E-state index contributed by atoms with van der Waals surface area (Å²) in [5.74, 6) is -1.55. The quantitative estimate of drug-likeness (QED) is 0.890. The second-order valence-electron chi connectivity index (χ2n) is 5.32. The Hall–Kier alpha value is -1.26. The van der Waals surface area contributed by atoms with E-state index in [1.807, 2.05) is 0 Å². The lowest BCUT2D eigenvalue weighted by atomic mass is 9.84. The van der Waals surface area contributed by atoms with Gasteiger partial charge in [-0.25, -0.2) is 0 Å². The molecular weight excluding hydrogens is 313 g/mol. The lowest BCUT2D eigenvalue weighted by molar-refractivity contribution is -0.144. The number of carbonyl (C=O) groups excluding carboxylic acids is 1. The number of hydrogen-bond donors (Lipinski definition) is 2. The van der Waals surface area contributed by atoms with Gasteiger partial charge in [-0.2, -0.15) is 0 Å². The van der Waals surface area contributed by atoms with Gasteiger partial charge in [-0.1, -0.05) is 42.1 Å². The standard InChI is InChI=1S/C15H17Cl2NO3/c16-10-6-5-9(12(17)8-10)7-14(19)18-13-4-2-1-3-11(13)15(20)21/h5-6,8,11,13H,1-4,7H2,(H,18,19)(H,20,21). The molecule has 1 aromatic carbocycles. The van der Waals surface area contributed by atoms with E-state index in [1.165, 1.54) is 0 Å². The van der Waals surface area contributed by atoms with Gasteiger partial charge in [0.1, 0.15) is 0 Å². The fourth-order valence-corrected chi connectivity index (χ4v) is 3.17. The Balaban J connectivity index is 1.98. The number of hydrogen-bond acceptors (Lipinski definition) is 2. The lowest BCUT2D eigenvalue weighted by Crippen LogP contribution is -2.45. The normalized spacial score (nSPS) is 21.8. The molecule has 1 amide bonds. The number of carbonyl (C=O) groups is 2. The first-order valence-electron chi connectivity index (χ1n) is 6.93. The molecule has 2 atom stereocenters. The highest BCUT2D eigenvalue weighted by Crippen LogP contribution is 2.25. The zero-order valence-corrected chi connectivity index (χ0v) is 13.0. The van der Waals surface area contributed by atoms with E-state index in [0.29, 0.717) is 28.5 Å². The zero-order chi connectivity index (χ0) is 15.4. The number of carboxylic acids is 1. The third kappa shape index (κ3) is 4.35. The van der Waals surface area contributed by atoms with Gasteiger partial charge >= 0.3 is 5.97 Å². The SMILES string of the molecule is O=C(Cc1ccc(Cl)cc1Cl)NC1CCCCC1C(=O)O. The van der Waals surface area contributed by atoms with E-state index in [-0.39, 0.29) is 18.4 Å². The Morgan fingerprint density at radius 1 is 1.24 bits per heavy atom. The molecule has 114 valence electrons.